The van der Waals surface area contributed by atoms with Gasteiger partial charge in [-0.25, -0.2) is 9.78 Å². The fourth-order valence-electron chi connectivity index (χ4n) is 3.81. The molecule has 0 atom stereocenters. The molecule has 1 aliphatic carbocycles. The van der Waals surface area contributed by atoms with Gasteiger partial charge < -0.3 is 15.4 Å². The van der Waals surface area contributed by atoms with Crippen LogP contribution in [0.3, 0.4) is 0 Å². The van der Waals surface area contributed by atoms with Crippen molar-refractivity contribution in [3.05, 3.63) is 18.2 Å². The van der Waals surface area contributed by atoms with Crippen LogP contribution in [0.2, 0.25) is 0 Å². The molecule has 1 spiro atoms. The smallest absolute Gasteiger partial charge is 0.325 e. The summed E-state index contributed by atoms with van der Waals surface area (Å²) in [5.74, 6) is 0.277. The zero-order valence-corrected chi connectivity index (χ0v) is 16.4. The second kappa shape index (κ2) is 7.38. The molecular formula is C19H22N4O4S. The first-order chi connectivity index (χ1) is 13.5. The van der Waals surface area contributed by atoms with Crippen molar-refractivity contribution in [3.63, 3.8) is 0 Å². The number of fused-ring (bicyclic) bond motifs is 1. The lowest BCUT2D eigenvalue weighted by molar-refractivity contribution is -0.131. The van der Waals surface area contributed by atoms with Gasteiger partial charge in [-0.3, -0.25) is 14.5 Å². The number of rotatable bonds is 6. The molecule has 1 aromatic carbocycles. The molecule has 28 heavy (non-hydrogen) atoms. The van der Waals surface area contributed by atoms with Gasteiger partial charge in [-0.05, 0) is 38.0 Å². The topological polar surface area (TPSA) is 101 Å². The number of imide groups is 1. The van der Waals surface area contributed by atoms with Gasteiger partial charge in [0.05, 0.1) is 16.8 Å². The van der Waals surface area contributed by atoms with Gasteiger partial charge in [0.25, 0.3) is 5.91 Å². The molecule has 9 heteroatoms. The molecule has 0 radical (unpaired) electrons. The molecule has 1 aromatic heterocycles. The maximum absolute atomic E-state index is 12.6. The Balaban J connectivity index is 1.36. The lowest BCUT2D eigenvalue weighted by atomic mass is 9.98. The highest BCUT2D eigenvalue weighted by molar-refractivity contribution is 7.22. The predicted octanol–water partition coefficient (Wildman–Crippen LogP) is 2.89. The Morgan fingerprint density at radius 2 is 2.14 bits per heavy atom. The van der Waals surface area contributed by atoms with E-state index >= 15 is 0 Å². The zero-order valence-electron chi connectivity index (χ0n) is 15.6. The van der Waals surface area contributed by atoms with Gasteiger partial charge in [0.1, 0.15) is 11.3 Å². The normalized spacial score (nSPS) is 18.1. The molecule has 4 rings (SSSR count). The Hall–Kier alpha value is -2.68. The highest BCUT2D eigenvalue weighted by atomic mass is 32.1. The minimum atomic E-state index is -0.737. The number of hydrogen-bond acceptors (Lipinski definition) is 6. The van der Waals surface area contributed by atoms with Crippen LogP contribution < -0.4 is 15.4 Å². The molecule has 1 saturated heterocycles. The summed E-state index contributed by atoms with van der Waals surface area (Å²) in [6.07, 6.45) is 3.26. The first kappa shape index (κ1) is 18.7. The molecule has 2 N–H and O–H groups in total. The molecule has 0 unspecified atom stereocenters. The van der Waals surface area contributed by atoms with Gasteiger partial charge in [0.15, 0.2) is 5.13 Å². The Morgan fingerprint density at radius 1 is 1.36 bits per heavy atom. The van der Waals surface area contributed by atoms with Crippen molar-refractivity contribution < 1.29 is 19.1 Å². The van der Waals surface area contributed by atoms with Crippen LogP contribution in [0, 0.1) is 0 Å². The quantitative estimate of drug-likeness (QED) is 0.724. The number of benzene rings is 1. The molecular weight excluding hydrogens is 380 g/mol. The Labute approximate surface area is 166 Å². The Kier molecular flexibility index (Phi) is 4.92. The fraction of sp³-hybridized carbons (Fsp3) is 0.474. The van der Waals surface area contributed by atoms with Crippen LogP contribution in [0.25, 0.3) is 10.2 Å². The van der Waals surface area contributed by atoms with Crippen LogP contribution in [0.15, 0.2) is 18.2 Å². The maximum atomic E-state index is 12.6. The van der Waals surface area contributed by atoms with E-state index in [0.717, 1.165) is 33.7 Å². The van der Waals surface area contributed by atoms with Gasteiger partial charge in [-0.1, -0.05) is 24.2 Å². The van der Waals surface area contributed by atoms with E-state index in [1.807, 2.05) is 25.1 Å². The summed E-state index contributed by atoms with van der Waals surface area (Å²) < 4.78 is 6.39. The number of hydrogen-bond donors (Lipinski definition) is 2. The van der Waals surface area contributed by atoms with Crippen molar-refractivity contribution in [1.82, 2.24) is 15.2 Å². The van der Waals surface area contributed by atoms with E-state index in [0.29, 0.717) is 24.6 Å². The summed E-state index contributed by atoms with van der Waals surface area (Å²) in [5.41, 5.74) is 0.0415. The van der Waals surface area contributed by atoms with Crippen molar-refractivity contribution in [1.29, 1.82) is 0 Å². The van der Waals surface area contributed by atoms with Crippen LogP contribution in [0.4, 0.5) is 9.93 Å². The van der Waals surface area contributed by atoms with Crippen LogP contribution in [0.5, 0.6) is 5.75 Å². The molecule has 1 saturated carbocycles. The maximum Gasteiger partial charge on any atom is 0.325 e. The average molecular weight is 402 g/mol. The third kappa shape index (κ3) is 3.42. The zero-order chi connectivity index (χ0) is 19.7. The van der Waals surface area contributed by atoms with Gasteiger partial charge in [0.2, 0.25) is 5.91 Å². The summed E-state index contributed by atoms with van der Waals surface area (Å²) in [7, 11) is 0. The molecule has 148 valence electrons. The first-order valence-electron chi connectivity index (χ1n) is 9.48. The van der Waals surface area contributed by atoms with Crippen molar-refractivity contribution >= 4 is 44.5 Å². The fourth-order valence-corrected chi connectivity index (χ4v) is 4.72. The van der Waals surface area contributed by atoms with Crippen LogP contribution in [0.1, 0.15) is 39.0 Å². The van der Waals surface area contributed by atoms with Gasteiger partial charge in [0, 0.05) is 13.0 Å². The van der Waals surface area contributed by atoms with Crippen molar-refractivity contribution in [3.8, 4) is 5.75 Å². The Bertz CT molecular complexity index is 935. The molecule has 2 aromatic rings. The lowest BCUT2D eigenvalue weighted by Gasteiger charge is -2.19. The van der Waals surface area contributed by atoms with Crippen molar-refractivity contribution in [2.24, 2.45) is 0 Å². The van der Waals surface area contributed by atoms with Gasteiger partial charge in [-0.2, -0.15) is 0 Å². The summed E-state index contributed by atoms with van der Waals surface area (Å²) in [6.45, 7) is 2.57. The van der Waals surface area contributed by atoms with Gasteiger partial charge >= 0.3 is 6.03 Å². The number of carbonyl (C=O) groups excluding carboxylic acids is 3. The number of anilines is 1. The summed E-state index contributed by atoms with van der Waals surface area (Å²) in [5, 5.41) is 6.06. The van der Waals surface area contributed by atoms with E-state index in [-0.39, 0.29) is 24.8 Å². The predicted molar refractivity (Wildman–Crippen MR) is 105 cm³/mol. The second-order valence-electron chi connectivity index (χ2n) is 7.06. The molecule has 2 aliphatic rings. The highest BCUT2D eigenvalue weighted by Gasteiger charge is 2.52. The van der Waals surface area contributed by atoms with Crippen LogP contribution in [-0.4, -0.2) is 46.4 Å². The number of nitrogens with one attached hydrogen (secondary N) is 2. The summed E-state index contributed by atoms with van der Waals surface area (Å²) >= 11 is 1.36. The lowest BCUT2D eigenvalue weighted by Crippen LogP contribution is -2.44. The summed E-state index contributed by atoms with van der Waals surface area (Å²) in [4.78, 5) is 42.6. The standard InChI is InChI=1S/C19H22N4O4S/c1-2-27-12-5-6-13-14(11-12)28-17(20-13)21-15(24)7-10-23-16(25)19(22-18(23)26)8-3-4-9-19/h5-6,11H,2-4,7-10H2,1H3,(H,22,26)(H,20,21,24). The number of thiazole rings is 1. The highest BCUT2D eigenvalue weighted by Crippen LogP contribution is 2.35. The van der Waals surface area contributed by atoms with E-state index in [4.69, 9.17) is 4.74 Å². The first-order valence-corrected chi connectivity index (χ1v) is 10.3. The molecule has 8 nitrogen and oxygen atoms in total. The molecule has 4 amide bonds. The van der Waals surface area contributed by atoms with E-state index in [1.54, 1.807) is 0 Å². The number of nitrogens with zero attached hydrogens (tertiary/aromatic N) is 2. The third-order valence-electron chi connectivity index (χ3n) is 5.18. The number of amides is 4. The number of urea groups is 1. The van der Waals surface area contributed by atoms with E-state index in [9.17, 15) is 14.4 Å². The SMILES string of the molecule is CCOc1ccc2nc(NC(=O)CCN3C(=O)NC4(CCCC4)C3=O)sc2c1. The van der Waals surface area contributed by atoms with E-state index in [1.165, 1.54) is 11.3 Å². The van der Waals surface area contributed by atoms with Crippen molar-refractivity contribution in [2.45, 2.75) is 44.6 Å². The molecule has 1 aliphatic heterocycles. The Morgan fingerprint density at radius 3 is 2.89 bits per heavy atom. The van der Waals surface area contributed by atoms with Crippen LogP contribution in [-0.2, 0) is 9.59 Å². The second-order valence-corrected chi connectivity index (χ2v) is 8.09. The average Bonchev–Trinajstić information content (AvgIpc) is 3.33. The minimum Gasteiger partial charge on any atom is -0.494 e. The monoisotopic (exact) mass is 402 g/mol. The van der Waals surface area contributed by atoms with E-state index in [2.05, 4.69) is 15.6 Å². The van der Waals surface area contributed by atoms with Gasteiger partial charge in [-0.15, -0.1) is 0 Å². The number of aromatic nitrogens is 1. The molecule has 0 bridgehead atoms. The third-order valence-corrected chi connectivity index (χ3v) is 6.12. The number of ether oxygens (including phenoxy) is 1. The molecule has 2 heterocycles. The van der Waals surface area contributed by atoms with E-state index < -0.39 is 11.6 Å². The largest absolute Gasteiger partial charge is 0.494 e. The van der Waals surface area contributed by atoms with Crippen molar-refractivity contribution in [2.75, 3.05) is 18.5 Å². The minimum absolute atomic E-state index is 0.0371. The molecule has 2 fully saturated rings. The number of carbonyl (C=O) groups is 3. The summed E-state index contributed by atoms with van der Waals surface area (Å²) in [6, 6.07) is 5.18. The van der Waals surface area contributed by atoms with Crippen LogP contribution >= 0.6 is 11.3 Å².